The van der Waals surface area contributed by atoms with E-state index in [0.29, 0.717) is 13.0 Å². The van der Waals surface area contributed by atoms with Gasteiger partial charge in [0, 0.05) is 23.4 Å². The summed E-state index contributed by atoms with van der Waals surface area (Å²) in [5, 5.41) is 2.91. The van der Waals surface area contributed by atoms with Crippen LogP contribution >= 0.6 is 0 Å². The van der Waals surface area contributed by atoms with E-state index >= 15 is 0 Å². The van der Waals surface area contributed by atoms with Crippen LogP contribution in [0.5, 0.6) is 0 Å². The van der Waals surface area contributed by atoms with Crippen LogP contribution in [0, 0.1) is 6.92 Å². The molecule has 23 heavy (non-hydrogen) atoms. The van der Waals surface area contributed by atoms with Crippen molar-refractivity contribution in [2.24, 2.45) is 0 Å². The predicted octanol–water partition coefficient (Wildman–Crippen LogP) is 3.89. The molecule has 0 aromatic heterocycles. The summed E-state index contributed by atoms with van der Waals surface area (Å²) in [6, 6.07) is 13.4. The zero-order chi connectivity index (χ0) is 16.4. The molecule has 1 N–H and O–H groups in total. The van der Waals surface area contributed by atoms with Crippen molar-refractivity contribution in [1.29, 1.82) is 0 Å². The first-order chi connectivity index (χ1) is 11.1. The number of fused-ring (bicyclic) bond motifs is 1. The zero-order valence-electron chi connectivity index (χ0n) is 13.4. The molecular formula is C19H20N2O2. The van der Waals surface area contributed by atoms with Crippen molar-refractivity contribution in [3.8, 4) is 0 Å². The van der Waals surface area contributed by atoms with Crippen LogP contribution in [0.15, 0.2) is 42.5 Å². The summed E-state index contributed by atoms with van der Waals surface area (Å²) in [5.41, 5.74) is 4.44. The van der Waals surface area contributed by atoms with Gasteiger partial charge in [-0.25, -0.2) is 0 Å². The van der Waals surface area contributed by atoms with Crippen molar-refractivity contribution < 1.29 is 9.59 Å². The van der Waals surface area contributed by atoms with Crippen molar-refractivity contribution in [1.82, 2.24) is 0 Å². The van der Waals surface area contributed by atoms with Crippen molar-refractivity contribution in [2.75, 3.05) is 10.2 Å². The summed E-state index contributed by atoms with van der Waals surface area (Å²) in [4.78, 5) is 26.0. The lowest BCUT2D eigenvalue weighted by atomic mass is 10.1. The van der Waals surface area contributed by atoms with Crippen LogP contribution < -0.4 is 10.2 Å². The van der Waals surface area contributed by atoms with Crippen molar-refractivity contribution in [3.05, 3.63) is 59.2 Å². The number of aryl methyl sites for hydroxylation is 1. The summed E-state index contributed by atoms with van der Waals surface area (Å²) in [6.07, 6.45) is 1.34. The Kier molecular flexibility index (Phi) is 4.15. The molecule has 0 fully saturated rings. The maximum atomic E-state index is 12.5. The minimum absolute atomic E-state index is 0.0213. The Bertz CT molecular complexity index is 768. The summed E-state index contributed by atoms with van der Waals surface area (Å²) in [6.45, 7) is 4.51. The second-order valence-electron chi connectivity index (χ2n) is 5.85. The molecule has 4 nitrogen and oxygen atoms in total. The Morgan fingerprint density at radius 3 is 2.70 bits per heavy atom. The van der Waals surface area contributed by atoms with E-state index < -0.39 is 0 Å². The van der Waals surface area contributed by atoms with E-state index in [2.05, 4.69) is 5.32 Å². The van der Waals surface area contributed by atoms with Crippen molar-refractivity contribution >= 4 is 23.2 Å². The lowest BCUT2D eigenvalue weighted by Gasteiger charge is -2.18. The van der Waals surface area contributed by atoms with Crippen LogP contribution in [0.25, 0.3) is 0 Å². The highest BCUT2D eigenvalue weighted by Gasteiger charge is 2.28. The topological polar surface area (TPSA) is 49.4 Å². The molecule has 0 saturated carbocycles. The standard InChI is InChI=1S/C19H20N2O2/c1-3-6-18(22)20-17-10-9-15(11-13(17)2)21-12-14-7-4-5-8-16(14)19(21)23/h4-5,7-11H,3,6,12H2,1-2H3,(H,20,22). The van der Waals surface area contributed by atoms with Crippen LogP contribution in [0.3, 0.4) is 0 Å². The van der Waals surface area contributed by atoms with Gasteiger partial charge in [-0.3, -0.25) is 9.59 Å². The number of amides is 2. The quantitative estimate of drug-likeness (QED) is 0.931. The third-order valence-electron chi connectivity index (χ3n) is 4.09. The lowest BCUT2D eigenvalue weighted by Crippen LogP contribution is -2.23. The number of nitrogens with zero attached hydrogens (tertiary/aromatic N) is 1. The van der Waals surface area contributed by atoms with Gasteiger partial charge >= 0.3 is 0 Å². The Hall–Kier alpha value is -2.62. The molecule has 0 bridgehead atoms. The number of anilines is 2. The Morgan fingerprint density at radius 1 is 1.22 bits per heavy atom. The highest BCUT2D eigenvalue weighted by Crippen LogP contribution is 2.30. The van der Waals surface area contributed by atoms with Crippen LogP contribution in [0.4, 0.5) is 11.4 Å². The second-order valence-corrected chi connectivity index (χ2v) is 5.85. The fourth-order valence-electron chi connectivity index (χ4n) is 2.86. The number of hydrogen-bond donors (Lipinski definition) is 1. The van der Waals surface area contributed by atoms with Gasteiger partial charge in [-0.2, -0.15) is 0 Å². The van der Waals surface area contributed by atoms with Gasteiger partial charge in [0.05, 0.1) is 6.54 Å². The van der Waals surface area contributed by atoms with Gasteiger partial charge in [-0.05, 0) is 48.7 Å². The van der Waals surface area contributed by atoms with Gasteiger partial charge in [0.2, 0.25) is 5.91 Å². The maximum Gasteiger partial charge on any atom is 0.258 e. The average molecular weight is 308 g/mol. The highest BCUT2D eigenvalue weighted by molar-refractivity contribution is 6.10. The molecule has 118 valence electrons. The zero-order valence-corrected chi connectivity index (χ0v) is 13.4. The SMILES string of the molecule is CCCC(=O)Nc1ccc(N2Cc3ccccc3C2=O)cc1C. The van der Waals surface area contributed by atoms with Crippen molar-refractivity contribution in [3.63, 3.8) is 0 Å². The number of hydrogen-bond acceptors (Lipinski definition) is 2. The van der Waals surface area contributed by atoms with E-state index in [4.69, 9.17) is 0 Å². The molecule has 1 aliphatic rings. The van der Waals surface area contributed by atoms with Gasteiger partial charge in [0.15, 0.2) is 0 Å². The van der Waals surface area contributed by atoms with E-state index in [-0.39, 0.29) is 11.8 Å². The van der Waals surface area contributed by atoms with Crippen molar-refractivity contribution in [2.45, 2.75) is 33.2 Å². The molecular weight excluding hydrogens is 288 g/mol. The van der Waals surface area contributed by atoms with Gasteiger partial charge in [-0.15, -0.1) is 0 Å². The molecule has 0 saturated heterocycles. The smallest absolute Gasteiger partial charge is 0.258 e. The van der Waals surface area contributed by atoms with E-state index in [1.54, 1.807) is 4.90 Å². The fourth-order valence-corrected chi connectivity index (χ4v) is 2.86. The minimum atomic E-state index is 0.0213. The number of rotatable bonds is 4. The summed E-state index contributed by atoms with van der Waals surface area (Å²) >= 11 is 0. The number of benzene rings is 2. The molecule has 4 heteroatoms. The van der Waals surface area contributed by atoms with E-state index in [9.17, 15) is 9.59 Å². The third kappa shape index (κ3) is 2.97. The molecule has 1 aliphatic heterocycles. The molecule has 1 heterocycles. The minimum Gasteiger partial charge on any atom is -0.326 e. The fraction of sp³-hybridized carbons (Fsp3) is 0.263. The Morgan fingerprint density at radius 2 is 2.00 bits per heavy atom. The van der Waals surface area contributed by atoms with Gasteiger partial charge in [0.1, 0.15) is 0 Å². The van der Waals surface area contributed by atoms with E-state index in [1.807, 2.05) is 56.3 Å². The lowest BCUT2D eigenvalue weighted by molar-refractivity contribution is -0.116. The number of carbonyl (C=O) groups excluding carboxylic acids is 2. The predicted molar refractivity (Wildman–Crippen MR) is 91.7 cm³/mol. The third-order valence-corrected chi connectivity index (χ3v) is 4.09. The largest absolute Gasteiger partial charge is 0.326 e. The first-order valence-corrected chi connectivity index (χ1v) is 7.90. The molecule has 0 radical (unpaired) electrons. The molecule has 2 amide bonds. The van der Waals surface area contributed by atoms with Gasteiger partial charge in [0.25, 0.3) is 5.91 Å². The maximum absolute atomic E-state index is 12.5. The van der Waals surface area contributed by atoms with Gasteiger partial charge < -0.3 is 10.2 Å². The van der Waals surface area contributed by atoms with E-state index in [0.717, 1.165) is 34.5 Å². The number of nitrogens with one attached hydrogen (secondary N) is 1. The molecule has 0 unspecified atom stereocenters. The van der Waals surface area contributed by atoms with Crippen LogP contribution in [-0.2, 0) is 11.3 Å². The highest BCUT2D eigenvalue weighted by atomic mass is 16.2. The summed E-state index contributed by atoms with van der Waals surface area (Å²) in [7, 11) is 0. The molecule has 2 aromatic rings. The monoisotopic (exact) mass is 308 g/mol. The summed E-state index contributed by atoms with van der Waals surface area (Å²) < 4.78 is 0. The number of carbonyl (C=O) groups is 2. The Labute approximate surface area is 136 Å². The van der Waals surface area contributed by atoms with Crippen LogP contribution in [0.1, 0.15) is 41.3 Å². The molecule has 2 aromatic carbocycles. The molecule has 0 atom stereocenters. The normalized spacial score (nSPS) is 13.1. The first-order valence-electron chi connectivity index (χ1n) is 7.90. The molecule has 0 aliphatic carbocycles. The second kappa shape index (κ2) is 6.24. The van der Waals surface area contributed by atoms with E-state index in [1.165, 1.54) is 0 Å². The first kappa shape index (κ1) is 15.3. The molecule has 3 rings (SSSR count). The van der Waals surface area contributed by atoms with Gasteiger partial charge in [-0.1, -0.05) is 25.1 Å². The average Bonchev–Trinajstić information content (AvgIpc) is 2.87. The van der Waals surface area contributed by atoms with Crippen LogP contribution in [-0.4, -0.2) is 11.8 Å². The van der Waals surface area contributed by atoms with Crippen LogP contribution in [0.2, 0.25) is 0 Å². The summed E-state index contributed by atoms with van der Waals surface area (Å²) in [5.74, 6) is 0.0516. The molecule has 0 spiro atoms. The Balaban J connectivity index is 1.82.